The molecule has 0 aliphatic carbocycles. The van der Waals surface area contributed by atoms with Crippen molar-refractivity contribution in [1.29, 1.82) is 0 Å². The Labute approximate surface area is 116 Å². The highest BCUT2D eigenvalue weighted by Crippen LogP contribution is 2.25. The molecule has 0 aliphatic heterocycles. The summed E-state index contributed by atoms with van der Waals surface area (Å²) in [6.07, 6.45) is 2.03. The molecule has 19 heavy (non-hydrogen) atoms. The highest BCUT2D eigenvalue weighted by Gasteiger charge is 2.15. The predicted octanol–water partition coefficient (Wildman–Crippen LogP) is 3.97. The summed E-state index contributed by atoms with van der Waals surface area (Å²) >= 11 is 0. The second-order valence-electron chi connectivity index (χ2n) is 5.79. The summed E-state index contributed by atoms with van der Waals surface area (Å²) in [5, 5.41) is 4.74. The number of pyridine rings is 1. The summed E-state index contributed by atoms with van der Waals surface area (Å²) < 4.78 is 0. The zero-order valence-electron chi connectivity index (χ0n) is 12.4. The molecule has 102 valence electrons. The Hall–Kier alpha value is -1.41. The van der Waals surface area contributed by atoms with Gasteiger partial charge in [0.25, 0.3) is 0 Å². The average Bonchev–Trinajstić information content (AvgIpc) is 2.43. The van der Waals surface area contributed by atoms with Crippen molar-refractivity contribution in [2.45, 2.75) is 39.7 Å². The molecule has 0 amide bonds. The molecular formula is C17H24N2. The van der Waals surface area contributed by atoms with Crippen LogP contribution in [0.5, 0.6) is 0 Å². The molecule has 1 aromatic heterocycles. The predicted molar refractivity (Wildman–Crippen MR) is 82.5 cm³/mol. The fourth-order valence-electron chi connectivity index (χ4n) is 2.26. The van der Waals surface area contributed by atoms with Gasteiger partial charge in [-0.3, -0.25) is 4.98 Å². The van der Waals surface area contributed by atoms with Crippen LogP contribution in [-0.2, 0) is 0 Å². The number of benzene rings is 1. The second kappa shape index (κ2) is 6.16. The highest BCUT2D eigenvalue weighted by molar-refractivity contribution is 5.78. The Morgan fingerprint density at radius 1 is 1.11 bits per heavy atom. The van der Waals surface area contributed by atoms with Crippen molar-refractivity contribution in [2.75, 3.05) is 6.54 Å². The summed E-state index contributed by atoms with van der Waals surface area (Å²) in [7, 11) is 0. The lowest BCUT2D eigenvalue weighted by atomic mass is 9.89. The molecule has 0 aliphatic rings. The molecule has 0 bridgehead atoms. The Bertz CT molecular complexity index is 534. The Morgan fingerprint density at radius 2 is 1.84 bits per heavy atom. The first-order valence-corrected chi connectivity index (χ1v) is 7.16. The van der Waals surface area contributed by atoms with Crippen LogP contribution in [0.15, 0.2) is 36.5 Å². The van der Waals surface area contributed by atoms with Crippen molar-refractivity contribution in [1.82, 2.24) is 10.3 Å². The maximum atomic E-state index is 4.56. The highest BCUT2D eigenvalue weighted by atomic mass is 14.9. The molecular weight excluding hydrogens is 232 g/mol. The van der Waals surface area contributed by atoms with Crippen LogP contribution in [0.4, 0.5) is 0 Å². The molecule has 0 fully saturated rings. The van der Waals surface area contributed by atoms with Crippen LogP contribution in [0, 0.1) is 5.92 Å². The van der Waals surface area contributed by atoms with Gasteiger partial charge in [-0.15, -0.1) is 0 Å². The number of nitrogens with one attached hydrogen (secondary N) is 1. The third-order valence-electron chi connectivity index (χ3n) is 3.84. The summed E-state index contributed by atoms with van der Waals surface area (Å²) in [5.41, 5.74) is 2.41. The van der Waals surface area contributed by atoms with Crippen LogP contribution in [0.3, 0.4) is 0 Å². The van der Waals surface area contributed by atoms with E-state index in [2.05, 4.69) is 62.3 Å². The van der Waals surface area contributed by atoms with Crippen LogP contribution < -0.4 is 5.32 Å². The van der Waals surface area contributed by atoms with Gasteiger partial charge in [0.2, 0.25) is 0 Å². The number of para-hydroxylation sites is 1. The molecule has 1 N–H and O–H groups in total. The summed E-state index contributed by atoms with van der Waals surface area (Å²) in [6, 6.07) is 11.1. The van der Waals surface area contributed by atoms with E-state index in [1.165, 1.54) is 10.9 Å². The third-order valence-corrected chi connectivity index (χ3v) is 3.84. The lowest BCUT2D eigenvalue weighted by molar-refractivity contribution is 0.426. The van der Waals surface area contributed by atoms with Crippen LogP contribution in [0.1, 0.15) is 39.2 Å². The minimum Gasteiger partial charge on any atom is -0.314 e. The fraction of sp³-hybridized carbons (Fsp3) is 0.471. The van der Waals surface area contributed by atoms with Crippen molar-refractivity contribution in [2.24, 2.45) is 5.92 Å². The van der Waals surface area contributed by atoms with Crippen LogP contribution in [0.2, 0.25) is 0 Å². The van der Waals surface area contributed by atoms with Crippen molar-refractivity contribution >= 4 is 10.9 Å². The number of hydrogen-bond donors (Lipinski definition) is 1. The number of aromatic nitrogens is 1. The van der Waals surface area contributed by atoms with E-state index in [9.17, 15) is 0 Å². The van der Waals surface area contributed by atoms with Crippen LogP contribution >= 0.6 is 0 Å². The van der Waals surface area contributed by atoms with Gasteiger partial charge in [-0.05, 0) is 36.1 Å². The zero-order chi connectivity index (χ0) is 13.8. The van der Waals surface area contributed by atoms with Gasteiger partial charge in [-0.1, -0.05) is 45.9 Å². The molecule has 2 nitrogen and oxygen atoms in total. The van der Waals surface area contributed by atoms with E-state index in [0.717, 1.165) is 12.1 Å². The standard InChI is InChI=1S/C17H24N2/c1-12(2)18-10-13(3)14(4)16-9-15-7-5-6-8-17(15)19-11-16/h5-9,11-14,18H,10H2,1-4H3. The monoisotopic (exact) mass is 256 g/mol. The average molecular weight is 256 g/mol. The molecule has 0 saturated carbocycles. The SMILES string of the molecule is CC(C)NCC(C)C(C)c1cnc2ccccc2c1. The maximum Gasteiger partial charge on any atom is 0.0702 e. The largest absolute Gasteiger partial charge is 0.314 e. The molecule has 1 aromatic carbocycles. The molecule has 0 spiro atoms. The van der Waals surface area contributed by atoms with Crippen molar-refractivity contribution in [3.05, 3.63) is 42.1 Å². The molecule has 2 unspecified atom stereocenters. The van der Waals surface area contributed by atoms with E-state index >= 15 is 0 Å². The van der Waals surface area contributed by atoms with E-state index in [1.807, 2.05) is 12.3 Å². The van der Waals surface area contributed by atoms with Gasteiger partial charge in [-0.25, -0.2) is 0 Å². The molecule has 2 atom stereocenters. The van der Waals surface area contributed by atoms with E-state index in [4.69, 9.17) is 0 Å². The molecule has 0 radical (unpaired) electrons. The zero-order valence-corrected chi connectivity index (χ0v) is 12.4. The summed E-state index contributed by atoms with van der Waals surface area (Å²) in [4.78, 5) is 4.56. The first-order valence-electron chi connectivity index (χ1n) is 7.16. The number of fused-ring (bicyclic) bond motifs is 1. The first kappa shape index (κ1) is 14.0. The normalized spacial score (nSPS) is 14.8. The first-order chi connectivity index (χ1) is 9.08. The fourth-order valence-corrected chi connectivity index (χ4v) is 2.26. The second-order valence-corrected chi connectivity index (χ2v) is 5.79. The van der Waals surface area contributed by atoms with Crippen molar-refractivity contribution < 1.29 is 0 Å². The van der Waals surface area contributed by atoms with Gasteiger partial charge in [0.15, 0.2) is 0 Å². The molecule has 1 heterocycles. The van der Waals surface area contributed by atoms with Gasteiger partial charge in [0.1, 0.15) is 0 Å². The van der Waals surface area contributed by atoms with Crippen LogP contribution in [-0.4, -0.2) is 17.6 Å². The Morgan fingerprint density at radius 3 is 2.58 bits per heavy atom. The quantitative estimate of drug-likeness (QED) is 0.875. The lowest BCUT2D eigenvalue weighted by Gasteiger charge is -2.22. The van der Waals surface area contributed by atoms with Gasteiger partial charge >= 0.3 is 0 Å². The minimum absolute atomic E-state index is 0.517. The topological polar surface area (TPSA) is 24.9 Å². The molecule has 2 aromatic rings. The number of hydrogen-bond acceptors (Lipinski definition) is 2. The number of nitrogens with zero attached hydrogens (tertiary/aromatic N) is 1. The molecule has 2 rings (SSSR count). The molecule has 2 heteroatoms. The smallest absolute Gasteiger partial charge is 0.0702 e. The maximum absolute atomic E-state index is 4.56. The van der Waals surface area contributed by atoms with Crippen molar-refractivity contribution in [3.8, 4) is 0 Å². The Kier molecular flexibility index (Phi) is 4.54. The summed E-state index contributed by atoms with van der Waals surface area (Å²) in [6.45, 7) is 10.0. The minimum atomic E-state index is 0.517. The lowest BCUT2D eigenvalue weighted by Crippen LogP contribution is -2.29. The van der Waals surface area contributed by atoms with Gasteiger partial charge in [-0.2, -0.15) is 0 Å². The third kappa shape index (κ3) is 3.54. The van der Waals surface area contributed by atoms with E-state index in [1.54, 1.807) is 0 Å². The van der Waals surface area contributed by atoms with Gasteiger partial charge in [0, 0.05) is 17.6 Å². The summed E-state index contributed by atoms with van der Waals surface area (Å²) in [5.74, 6) is 1.12. The van der Waals surface area contributed by atoms with Crippen molar-refractivity contribution in [3.63, 3.8) is 0 Å². The molecule has 0 saturated heterocycles. The van der Waals surface area contributed by atoms with E-state index in [-0.39, 0.29) is 0 Å². The van der Waals surface area contributed by atoms with E-state index < -0.39 is 0 Å². The number of rotatable bonds is 5. The Balaban J connectivity index is 2.14. The van der Waals surface area contributed by atoms with Gasteiger partial charge in [0.05, 0.1) is 5.52 Å². The van der Waals surface area contributed by atoms with Crippen LogP contribution in [0.25, 0.3) is 10.9 Å². The van der Waals surface area contributed by atoms with E-state index in [0.29, 0.717) is 17.9 Å². The van der Waals surface area contributed by atoms with Gasteiger partial charge < -0.3 is 5.32 Å².